The van der Waals surface area contributed by atoms with Crippen LogP contribution in [0.25, 0.3) is 0 Å². The van der Waals surface area contributed by atoms with Gasteiger partial charge in [0, 0.05) is 0 Å². The molecule has 9 heteroatoms. The predicted octanol–water partition coefficient (Wildman–Crippen LogP) is 1.33. The van der Waals surface area contributed by atoms with Crippen molar-refractivity contribution in [2.24, 2.45) is 0 Å². The van der Waals surface area contributed by atoms with Crippen molar-refractivity contribution in [3.05, 3.63) is 5.21 Å². The lowest BCUT2D eigenvalue weighted by molar-refractivity contribution is -1.14. The molecule has 3 heterocycles. The molecule has 15 heavy (non-hydrogen) atoms. The Morgan fingerprint density at radius 3 is 1.27 bits per heavy atom. The molecule has 3 aliphatic rings. The van der Waals surface area contributed by atoms with Gasteiger partial charge in [-0.25, -0.2) is 0 Å². The molecule has 3 nitrogen and oxygen atoms in total. The third-order valence-electron chi connectivity index (χ3n) is 2.72. The minimum atomic E-state index is -6.00. The van der Waals surface area contributed by atoms with Crippen molar-refractivity contribution in [2.75, 3.05) is 39.3 Å². The average Bonchev–Trinajstić information content (AvgIpc) is 2.05. The molecule has 0 aromatic rings. The van der Waals surface area contributed by atoms with Gasteiger partial charge in [0.25, 0.3) is 0 Å². The van der Waals surface area contributed by atoms with Gasteiger partial charge in [-0.05, 0) is 4.48 Å². The molecule has 0 aromatic heterocycles. The molecule has 0 N–H and O–H groups in total. The number of nitrogens with zero attached hydrogens (tertiary/aromatic N) is 2. The lowest BCUT2D eigenvalue weighted by atomic mass is 10.2. The van der Waals surface area contributed by atoms with Crippen LogP contribution < -0.4 is 0 Å². The van der Waals surface area contributed by atoms with Crippen molar-refractivity contribution in [1.29, 1.82) is 0 Å². The zero-order valence-electron chi connectivity index (χ0n) is 8.01. The maximum atomic E-state index is 13.3. The van der Waals surface area contributed by atoms with Crippen molar-refractivity contribution in [3.63, 3.8) is 0 Å². The summed E-state index contributed by atoms with van der Waals surface area (Å²) in [7, 11) is -6.00. The van der Waals surface area contributed by atoms with Gasteiger partial charge in [-0.3, -0.25) is 0 Å². The third-order valence-corrected chi connectivity index (χ3v) is 2.72. The van der Waals surface area contributed by atoms with Crippen LogP contribution in [-0.4, -0.2) is 55.9 Å². The van der Waals surface area contributed by atoms with Crippen LogP contribution in [0.5, 0.6) is 0 Å². The second-order valence-electron chi connectivity index (χ2n) is 3.92. The normalized spacial score (nSPS) is 39.6. The van der Waals surface area contributed by atoms with E-state index in [1.807, 2.05) is 0 Å². The van der Waals surface area contributed by atoms with Crippen molar-refractivity contribution < 1.29 is 31.1 Å². The van der Waals surface area contributed by atoms with Gasteiger partial charge in [-0.2, -0.15) is 0 Å². The van der Waals surface area contributed by atoms with Gasteiger partial charge in [0.1, 0.15) is 19.6 Å². The van der Waals surface area contributed by atoms with E-state index in [1.165, 1.54) is 0 Å². The molecule has 3 fully saturated rings. The van der Waals surface area contributed by atoms with Gasteiger partial charge in [0.15, 0.2) is 19.6 Å². The topological polar surface area (TPSA) is 23.1 Å². The van der Waals surface area contributed by atoms with E-state index in [-0.39, 0.29) is 9.35 Å². The lowest BCUT2D eigenvalue weighted by Gasteiger charge is -2.52. The molecule has 3 rings (SSSR count). The minimum Gasteiger partial charge on any atom is -0.632 e. The first-order chi connectivity index (χ1) is 6.62. The van der Waals surface area contributed by atoms with E-state index >= 15 is 0 Å². The molecule has 0 aliphatic carbocycles. The molecule has 0 unspecified atom stereocenters. The van der Waals surface area contributed by atoms with Gasteiger partial charge >= 0.3 is 7.25 Å². The molecular formula is C6H12BF5N2O. The maximum absolute atomic E-state index is 13.3. The average molecular weight is 234 g/mol. The van der Waals surface area contributed by atoms with E-state index in [1.54, 1.807) is 0 Å². The summed E-state index contributed by atoms with van der Waals surface area (Å²) in [6, 6.07) is 0. The highest BCUT2D eigenvalue weighted by Crippen LogP contribution is 2.25. The fourth-order valence-corrected chi connectivity index (χ4v) is 1.76. The van der Waals surface area contributed by atoms with Crippen LogP contribution in [0.3, 0.4) is 0 Å². The SMILES string of the molecule is F[B-](F)(F)F.[O-][N+]12CC[N+](F)(CC1)CC2. The Morgan fingerprint density at radius 2 is 1.07 bits per heavy atom. The molecule has 0 amide bonds. The molecular weight excluding hydrogens is 222 g/mol. The summed E-state index contributed by atoms with van der Waals surface area (Å²) in [5.41, 5.74) is 0. The number of hydrogen-bond donors (Lipinski definition) is 0. The second-order valence-corrected chi connectivity index (χ2v) is 3.92. The number of piperazine rings is 3. The molecule has 3 saturated heterocycles. The van der Waals surface area contributed by atoms with Crippen LogP contribution in [0.4, 0.5) is 21.7 Å². The summed E-state index contributed by atoms with van der Waals surface area (Å²) in [6.45, 7) is 2.75. The van der Waals surface area contributed by atoms with Gasteiger partial charge in [-0.1, -0.05) is 0 Å². The maximum Gasteiger partial charge on any atom is 0.673 e. The highest BCUT2D eigenvalue weighted by Gasteiger charge is 2.46. The zero-order chi connectivity index (χ0) is 11.7. The predicted molar refractivity (Wildman–Crippen MR) is 44.4 cm³/mol. The third kappa shape index (κ3) is 4.31. The summed E-state index contributed by atoms with van der Waals surface area (Å²) in [5.74, 6) is 0. The Bertz CT molecular complexity index is 188. The van der Waals surface area contributed by atoms with Gasteiger partial charge in [-0.15, -0.1) is 4.71 Å². The van der Waals surface area contributed by atoms with Crippen molar-refractivity contribution in [1.82, 2.24) is 0 Å². The molecule has 0 radical (unpaired) electrons. The Morgan fingerprint density at radius 1 is 0.800 bits per heavy atom. The highest BCUT2D eigenvalue weighted by molar-refractivity contribution is 6.50. The first-order valence-electron chi connectivity index (χ1n) is 4.62. The molecule has 2 bridgehead atoms. The Kier molecular flexibility index (Phi) is 3.27. The number of halogens is 5. The van der Waals surface area contributed by atoms with Crippen LogP contribution in [0.2, 0.25) is 0 Å². The van der Waals surface area contributed by atoms with Crippen molar-refractivity contribution in [2.45, 2.75) is 0 Å². The Balaban J connectivity index is 0.000000195. The molecule has 90 valence electrons. The van der Waals surface area contributed by atoms with E-state index in [0.717, 1.165) is 0 Å². The quantitative estimate of drug-likeness (QED) is 0.204. The Labute approximate surface area is 83.9 Å². The zero-order valence-corrected chi connectivity index (χ0v) is 8.01. The van der Waals surface area contributed by atoms with Crippen LogP contribution in [0.1, 0.15) is 0 Å². The van der Waals surface area contributed by atoms with E-state index in [0.29, 0.717) is 39.3 Å². The minimum absolute atomic E-state index is 0.135. The summed E-state index contributed by atoms with van der Waals surface area (Å²) >= 11 is 0. The first-order valence-corrected chi connectivity index (χ1v) is 4.62. The summed E-state index contributed by atoms with van der Waals surface area (Å²) in [4.78, 5) is 0. The number of hydroxylamine groups is 3. The number of hydrogen-bond acceptors (Lipinski definition) is 1. The van der Waals surface area contributed by atoms with E-state index in [4.69, 9.17) is 0 Å². The van der Waals surface area contributed by atoms with Gasteiger partial charge in [0.05, 0.1) is 0 Å². The number of fused-ring (bicyclic) bond motifs is 3. The summed E-state index contributed by atoms with van der Waals surface area (Å²) in [6.07, 6.45) is 0. The molecule has 0 atom stereocenters. The molecule has 0 spiro atoms. The van der Waals surface area contributed by atoms with Crippen LogP contribution in [-0.2, 0) is 0 Å². The van der Waals surface area contributed by atoms with Crippen LogP contribution in [0, 0.1) is 5.21 Å². The lowest BCUT2D eigenvalue weighted by Crippen LogP contribution is -2.69. The van der Waals surface area contributed by atoms with E-state index in [2.05, 4.69) is 0 Å². The summed E-state index contributed by atoms with van der Waals surface area (Å²) < 4.78 is 51.8. The van der Waals surface area contributed by atoms with Crippen molar-refractivity contribution in [3.8, 4) is 0 Å². The highest BCUT2D eigenvalue weighted by atomic mass is 19.5. The molecule has 3 aliphatic heterocycles. The standard InChI is InChI=1S/C6H12FN2O.BF4/c7-8-1-4-9(10,5-2-8)6-3-8;2-1(3,4)5/h1-6H2;/q+1;-1. The van der Waals surface area contributed by atoms with Crippen LogP contribution >= 0.6 is 0 Å². The van der Waals surface area contributed by atoms with Gasteiger partial charge in [0.2, 0.25) is 0 Å². The number of quaternary nitrogens is 2. The van der Waals surface area contributed by atoms with E-state index in [9.17, 15) is 27.0 Å². The fourth-order valence-electron chi connectivity index (χ4n) is 1.76. The summed E-state index contributed by atoms with van der Waals surface area (Å²) in [5, 5.41) is 11.4. The monoisotopic (exact) mass is 234 g/mol. The van der Waals surface area contributed by atoms with E-state index < -0.39 is 7.25 Å². The Hall–Kier alpha value is -0.405. The van der Waals surface area contributed by atoms with Crippen LogP contribution in [0.15, 0.2) is 0 Å². The van der Waals surface area contributed by atoms with Gasteiger partial charge < -0.3 is 27.1 Å². The first kappa shape index (κ1) is 12.7. The fraction of sp³-hybridized carbons (Fsp3) is 1.00. The van der Waals surface area contributed by atoms with Crippen molar-refractivity contribution >= 4 is 7.25 Å². The molecule has 0 aromatic carbocycles. The molecule has 0 saturated carbocycles. The largest absolute Gasteiger partial charge is 0.673 e. The second kappa shape index (κ2) is 3.87. The number of rotatable bonds is 0. The smallest absolute Gasteiger partial charge is 0.632 e.